The molecule has 100 valence electrons. The average molecular weight is 245 g/mol. The molecule has 1 nitrogen and oxygen atoms in total. The van der Waals surface area contributed by atoms with Gasteiger partial charge in [0.2, 0.25) is 0 Å². The van der Waals surface area contributed by atoms with Crippen molar-refractivity contribution < 1.29 is 0 Å². The van der Waals surface area contributed by atoms with Crippen LogP contribution in [0.25, 0.3) is 0 Å². The molecule has 0 atom stereocenters. The highest BCUT2D eigenvalue weighted by atomic mass is 14.8. The average Bonchev–Trinajstić information content (AvgIpc) is 3.18. The van der Waals surface area contributed by atoms with Gasteiger partial charge in [-0.25, -0.2) is 0 Å². The lowest BCUT2D eigenvalue weighted by Gasteiger charge is -2.07. The third-order valence-electron chi connectivity index (χ3n) is 3.65. The van der Waals surface area contributed by atoms with Gasteiger partial charge in [0, 0.05) is 0 Å². The summed E-state index contributed by atoms with van der Waals surface area (Å²) in [6, 6.07) is 9.33. The maximum Gasteiger partial charge on any atom is -0.00258 e. The molecule has 0 heterocycles. The first-order chi connectivity index (χ1) is 8.75. The summed E-state index contributed by atoms with van der Waals surface area (Å²) in [4.78, 5) is 0. The lowest BCUT2D eigenvalue weighted by Crippen LogP contribution is -2.20. The third-order valence-corrected chi connectivity index (χ3v) is 3.65. The van der Waals surface area contributed by atoms with Gasteiger partial charge >= 0.3 is 0 Å². The predicted octanol–water partition coefficient (Wildman–Crippen LogP) is 4.13. The first-order valence-electron chi connectivity index (χ1n) is 7.55. The van der Waals surface area contributed by atoms with Gasteiger partial charge in [-0.3, -0.25) is 0 Å². The van der Waals surface area contributed by atoms with Crippen molar-refractivity contribution in [1.29, 1.82) is 0 Å². The van der Waals surface area contributed by atoms with Gasteiger partial charge in [-0.05, 0) is 68.2 Å². The molecule has 1 aliphatic rings. The van der Waals surface area contributed by atoms with E-state index in [4.69, 9.17) is 0 Å². The van der Waals surface area contributed by atoms with E-state index in [9.17, 15) is 0 Å². The largest absolute Gasteiger partial charge is 0.316 e. The van der Waals surface area contributed by atoms with E-state index in [0.717, 1.165) is 18.4 Å². The monoisotopic (exact) mass is 245 g/mol. The van der Waals surface area contributed by atoms with Crippen LogP contribution in [0.5, 0.6) is 0 Å². The van der Waals surface area contributed by atoms with Crippen LogP contribution in [0.3, 0.4) is 0 Å². The summed E-state index contributed by atoms with van der Waals surface area (Å²) in [6.45, 7) is 6.83. The Balaban J connectivity index is 1.58. The van der Waals surface area contributed by atoms with Crippen molar-refractivity contribution in [3.63, 3.8) is 0 Å². The zero-order valence-corrected chi connectivity index (χ0v) is 11.9. The van der Waals surface area contributed by atoms with Crippen LogP contribution in [-0.4, -0.2) is 13.1 Å². The summed E-state index contributed by atoms with van der Waals surface area (Å²) in [5, 5.41) is 3.50. The van der Waals surface area contributed by atoms with Gasteiger partial charge in [-0.1, -0.05) is 38.1 Å². The first kappa shape index (κ1) is 13.6. The second-order valence-electron chi connectivity index (χ2n) is 6.07. The molecule has 1 saturated carbocycles. The molecule has 0 radical (unpaired) electrons. The van der Waals surface area contributed by atoms with Crippen molar-refractivity contribution in [2.75, 3.05) is 13.1 Å². The molecule has 0 aliphatic heterocycles. The molecule has 1 aliphatic carbocycles. The number of hydrogen-bond donors (Lipinski definition) is 1. The van der Waals surface area contributed by atoms with E-state index in [1.165, 1.54) is 44.2 Å². The molecule has 0 bridgehead atoms. The van der Waals surface area contributed by atoms with Crippen LogP contribution in [0, 0.1) is 5.92 Å². The van der Waals surface area contributed by atoms with Crippen molar-refractivity contribution in [2.24, 2.45) is 5.92 Å². The van der Waals surface area contributed by atoms with Gasteiger partial charge in [0.05, 0.1) is 0 Å². The maximum absolute atomic E-state index is 3.50. The molecule has 1 heteroatoms. The van der Waals surface area contributed by atoms with Crippen LogP contribution in [0.4, 0.5) is 0 Å². The summed E-state index contributed by atoms with van der Waals surface area (Å²) in [5.41, 5.74) is 3.06. The van der Waals surface area contributed by atoms with Gasteiger partial charge in [0.15, 0.2) is 0 Å². The fraction of sp³-hybridized carbons (Fsp3) is 0.647. The Morgan fingerprint density at radius 1 is 1.11 bits per heavy atom. The van der Waals surface area contributed by atoms with E-state index in [0.29, 0.717) is 0 Å². The predicted molar refractivity (Wildman–Crippen MR) is 79.1 cm³/mol. The molecule has 1 N–H and O–H groups in total. The van der Waals surface area contributed by atoms with E-state index in [1.54, 1.807) is 5.56 Å². The Bertz CT molecular complexity index is 335. The Hall–Kier alpha value is -0.820. The number of hydrogen-bond acceptors (Lipinski definition) is 1. The molecule has 1 fully saturated rings. The zero-order valence-electron chi connectivity index (χ0n) is 11.9. The molecular formula is C17H27N. The summed E-state index contributed by atoms with van der Waals surface area (Å²) >= 11 is 0. The normalized spacial score (nSPS) is 15.3. The zero-order chi connectivity index (χ0) is 12.8. The molecule has 18 heavy (non-hydrogen) atoms. The van der Waals surface area contributed by atoms with Crippen molar-refractivity contribution in [3.05, 3.63) is 35.4 Å². The van der Waals surface area contributed by atoms with Crippen LogP contribution in [0.2, 0.25) is 0 Å². The van der Waals surface area contributed by atoms with Crippen molar-refractivity contribution in [3.8, 4) is 0 Å². The number of unbranched alkanes of at least 4 members (excludes halogenated alkanes) is 1. The summed E-state index contributed by atoms with van der Waals surface area (Å²) in [7, 11) is 0. The van der Waals surface area contributed by atoms with Crippen molar-refractivity contribution >= 4 is 0 Å². The number of aryl methyl sites for hydroxylation is 1. The first-order valence-corrected chi connectivity index (χ1v) is 7.55. The molecular weight excluding hydrogens is 218 g/mol. The minimum atomic E-state index is 0.764. The standard InChI is InChI=1S/C17H27N/c1-14(2)13-18-12-4-3-5-15-6-8-16(9-7-15)17-10-11-17/h6-9,14,17-18H,3-5,10-13H2,1-2H3. The fourth-order valence-electron chi connectivity index (χ4n) is 2.34. The molecule has 0 amide bonds. The highest BCUT2D eigenvalue weighted by Crippen LogP contribution is 2.39. The van der Waals surface area contributed by atoms with E-state index in [1.807, 2.05) is 0 Å². The Morgan fingerprint density at radius 2 is 1.83 bits per heavy atom. The Kier molecular flexibility index (Phi) is 5.25. The van der Waals surface area contributed by atoms with Gasteiger partial charge in [-0.15, -0.1) is 0 Å². The van der Waals surface area contributed by atoms with Crippen LogP contribution < -0.4 is 5.32 Å². The lowest BCUT2D eigenvalue weighted by molar-refractivity contribution is 0.535. The highest BCUT2D eigenvalue weighted by molar-refractivity contribution is 5.28. The van der Waals surface area contributed by atoms with E-state index < -0.39 is 0 Å². The third kappa shape index (κ3) is 4.81. The van der Waals surface area contributed by atoms with Crippen LogP contribution in [0.15, 0.2) is 24.3 Å². The SMILES string of the molecule is CC(C)CNCCCCc1ccc(C2CC2)cc1. The Morgan fingerprint density at radius 3 is 2.44 bits per heavy atom. The molecule has 0 aromatic heterocycles. The van der Waals surface area contributed by atoms with Gasteiger partial charge < -0.3 is 5.32 Å². The number of nitrogens with one attached hydrogen (secondary N) is 1. The van der Waals surface area contributed by atoms with Crippen molar-refractivity contribution in [2.45, 2.75) is 51.9 Å². The van der Waals surface area contributed by atoms with E-state index >= 15 is 0 Å². The second kappa shape index (κ2) is 6.94. The molecule has 2 rings (SSSR count). The minimum absolute atomic E-state index is 0.764. The highest BCUT2D eigenvalue weighted by Gasteiger charge is 2.22. The summed E-state index contributed by atoms with van der Waals surface area (Å²) in [5.74, 6) is 1.65. The Labute approximate surface area is 112 Å². The van der Waals surface area contributed by atoms with Gasteiger partial charge in [-0.2, -0.15) is 0 Å². The van der Waals surface area contributed by atoms with Crippen LogP contribution in [0.1, 0.15) is 56.6 Å². The minimum Gasteiger partial charge on any atom is -0.316 e. The van der Waals surface area contributed by atoms with E-state index in [-0.39, 0.29) is 0 Å². The molecule has 1 aromatic rings. The molecule has 0 spiro atoms. The van der Waals surface area contributed by atoms with Crippen LogP contribution >= 0.6 is 0 Å². The second-order valence-corrected chi connectivity index (χ2v) is 6.07. The quantitative estimate of drug-likeness (QED) is 0.679. The van der Waals surface area contributed by atoms with Crippen LogP contribution in [-0.2, 0) is 6.42 Å². The number of benzene rings is 1. The number of rotatable bonds is 8. The maximum atomic E-state index is 3.50. The topological polar surface area (TPSA) is 12.0 Å². The fourth-order valence-corrected chi connectivity index (χ4v) is 2.34. The lowest BCUT2D eigenvalue weighted by atomic mass is 10.0. The van der Waals surface area contributed by atoms with Gasteiger partial charge in [0.1, 0.15) is 0 Å². The van der Waals surface area contributed by atoms with Gasteiger partial charge in [0.25, 0.3) is 0 Å². The summed E-state index contributed by atoms with van der Waals surface area (Å²) in [6.07, 6.45) is 6.63. The molecule has 0 unspecified atom stereocenters. The smallest absolute Gasteiger partial charge is 0.00258 e. The summed E-state index contributed by atoms with van der Waals surface area (Å²) < 4.78 is 0. The van der Waals surface area contributed by atoms with Crippen molar-refractivity contribution in [1.82, 2.24) is 5.32 Å². The van der Waals surface area contributed by atoms with E-state index in [2.05, 4.69) is 43.4 Å². The molecule has 1 aromatic carbocycles. The molecule has 0 saturated heterocycles.